The Morgan fingerprint density at radius 2 is 2.18 bits per heavy atom. The molecule has 0 amide bonds. The number of methoxy groups -OCH3 is 1. The molecule has 4 nitrogen and oxygen atoms in total. The second-order valence-corrected chi connectivity index (χ2v) is 3.72. The molecule has 0 bridgehead atoms. The van der Waals surface area contributed by atoms with E-state index >= 15 is 0 Å². The molecule has 0 fully saturated rings. The smallest absolute Gasteiger partial charge is 0.184 e. The van der Waals surface area contributed by atoms with Crippen molar-refractivity contribution in [2.45, 2.75) is 32.5 Å². The molecule has 0 saturated heterocycles. The zero-order valence-corrected chi connectivity index (χ0v) is 10.3. The van der Waals surface area contributed by atoms with E-state index < -0.39 is 12.2 Å². The number of aliphatic hydroxyl groups is 1. The van der Waals surface area contributed by atoms with Crippen LogP contribution in [0.2, 0.25) is 0 Å². The molecule has 1 aromatic carbocycles. The lowest BCUT2D eigenvalue weighted by Gasteiger charge is -2.16. The highest BCUT2D eigenvalue weighted by Gasteiger charge is 2.14. The summed E-state index contributed by atoms with van der Waals surface area (Å²) in [5.41, 5.74) is 0.652. The van der Waals surface area contributed by atoms with Gasteiger partial charge in [0.15, 0.2) is 6.10 Å². The number of ether oxygens (including phenoxy) is 2. The van der Waals surface area contributed by atoms with Crippen LogP contribution in [0.5, 0.6) is 11.5 Å². The first-order valence-corrected chi connectivity index (χ1v) is 5.54. The Labute approximate surface area is 101 Å². The molecule has 0 radical (unpaired) electrons. The van der Waals surface area contributed by atoms with Gasteiger partial charge in [-0.2, -0.15) is 5.26 Å². The molecule has 1 unspecified atom stereocenters. The molecule has 2 atom stereocenters. The number of rotatable bonds is 5. The minimum Gasteiger partial charge on any atom is -0.497 e. The highest BCUT2D eigenvalue weighted by Crippen LogP contribution is 2.30. The van der Waals surface area contributed by atoms with Crippen molar-refractivity contribution in [3.8, 4) is 17.6 Å². The molecule has 17 heavy (non-hydrogen) atoms. The van der Waals surface area contributed by atoms with Crippen molar-refractivity contribution in [1.82, 2.24) is 0 Å². The summed E-state index contributed by atoms with van der Waals surface area (Å²) in [6, 6.07) is 7.23. The van der Waals surface area contributed by atoms with E-state index in [4.69, 9.17) is 14.7 Å². The lowest BCUT2D eigenvalue weighted by molar-refractivity contribution is 0.184. The first kappa shape index (κ1) is 13.3. The second-order valence-electron chi connectivity index (χ2n) is 3.72. The third-order valence-electron chi connectivity index (χ3n) is 2.45. The van der Waals surface area contributed by atoms with Crippen LogP contribution in [-0.2, 0) is 0 Å². The summed E-state index contributed by atoms with van der Waals surface area (Å²) in [7, 11) is 1.56. The van der Waals surface area contributed by atoms with E-state index in [-0.39, 0.29) is 0 Å². The van der Waals surface area contributed by atoms with Gasteiger partial charge in [0.2, 0.25) is 0 Å². The van der Waals surface area contributed by atoms with Gasteiger partial charge in [0.05, 0.1) is 13.2 Å². The molecule has 0 aromatic heterocycles. The first-order valence-electron chi connectivity index (χ1n) is 5.54. The maximum atomic E-state index is 9.62. The topological polar surface area (TPSA) is 62.5 Å². The second kappa shape index (κ2) is 6.12. The molecule has 0 spiro atoms. The first-order chi connectivity index (χ1) is 8.12. The number of nitrogens with zero attached hydrogens (tertiary/aromatic N) is 1. The number of aliphatic hydroxyl groups excluding tert-OH is 1. The monoisotopic (exact) mass is 235 g/mol. The zero-order valence-electron chi connectivity index (χ0n) is 10.3. The molecule has 92 valence electrons. The van der Waals surface area contributed by atoms with Crippen LogP contribution in [0.1, 0.15) is 31.9 Å². The Bertz CT molecular complexity index is 410. The summed E-state index contributed by atoms with van der Waals surface area (Å²) in [6.45, 7) is 3.53. The fourth-order valence-corrected chi connectivity index (χ4v) is 1.44. The standard InChI is InChI=1S/C13H17NO3/c1-4-10(8-14)17-13-7-11(16-3)5-6-12(13)9(2)15/h5-7,9-10,15H,4H2,1-3H3/t9-,10?/m1/s1. The average Bonchev–Trinajstić information content (AvgIpc) is 2.35. The summed E-state index contributed by atoms with van der Waals surface area (Å²) >= 11 is 0. The maximum absolute atomic E-state index is 9.62. The van der Waals surface area contributed by atoms with E-state index in [0.717, 1.165) is 0 Å². The molecule has 0 aliphatic heterocycles. The van der Waals surface area contributed by atoms with Gasteiger partial charge in [-0.15, -0.1) is 0 Å². The van der Waals surface area contributed by atoms with Crippen molar-refractivity contribution < 1.29 is 14.6 Å². The summed E-state index contributed by atoms with van der Waals surface area (Å²) in [5, 5.41) is 18.5. The quantitative estimate of drug-likeness (QED) is 0.851. The van der Waals surface area contributed by atoms with Crippen molar-refractivity contribution >= 4 is 0 Å². The highest BCUT2D eigenvalue weighted by atomic mass is 16.5. The lowest BCUT2D eigenvalue weighted by Crippen LogP contribution is -2.14. The molecule has 4 heteroatoms. The average molecular weight is 235 g/mol. The predicted octanol–water partition coefficient (Wildman–Crippen LogP) is 2.43. The third kappa shape index (κ3) is 3.36. The molecule has 0 aliphatic carbocycles. The van der Waals surface area contributed by atoms with Gasteiger partial charge in [-0.05, 0) is 25.5 Å². The van der Waals surface area contributed by atoms with Gasteiger partial charge < -0.3 is 14.6 Å². The summed E-state index contributed by atoms with van der Waals surface area (Å²) < 4.78 is 10.6. The molecule has 1 N–H and O–H groups in total. The Hall–Kier alpha value is -1.73. The van der Waals surface area contributed by atoms with Crippen LogP contribution in [0, 0.1) is 11.3 Å². The van der Waals surface area contributed by atoms with Gasteiger partial charge in [0.25, 0.3) is 0 Å². The van der Waals surface area contributed by atoms with Crippen molar-refractivity contribution in [3.05, 3.63) is 23.8 Å². The third-order valence-corrected chi connectivity index (χ3v) is 2.45. The van der Waals surface area contributed by atoms with Crippen molar-refractivity contribution in [2.24, 2.45) is 0 Å². The van der Waals surface area contributed by atoms with Crippen molar-refractivity contribution in [3.63, 3.8) is 0 Å². The molecule has 0 saturated carbocycles. The summed E-state index contributed by atoms with van der Waals surface area (Å²) in [5.74, 6) is 1.13. The number of nitriles is 1. The Kier molecular flexibility index (Phi) is 4.80. The lowest BCUT2D eigenvalue weighted by atomic mass is 10.1. The van der Waals surface area contributed by atoms with E-state index in [9.17, 15) is 5.11 Å². The summed E-state index contributed by atoms with van der Waals surface area (Å²) in [6.07, 6.45) is -0.570. The Morgan fingerprint density at radius 1 is 1.47 bits per heavy atom. The van der Waals surface area contributed by atoms with Gasteiger partial charge in [-0.1, -0.05) is 6.92 Å². The van der Waals surface area contributed by atoms with E-state index in [1.165, 1.54) is 0 Å². The molecule has 1 rings (SSSR count). The van der Waals surface area contributed by atoms with Crippen LogP contribution in [0.15, 0.2) is 18.2 Å². The van der Waals surface area contributed by atoms with E-state index in [0.29, 0.717) is 23.5 Å². The Balaban J connectivity index is 3.05. The molecular weight excluding hydrogens is 218 g/mol. The van der Waals surface area contributed by atoms with Gasteiger partial charge >= 0.3 is 0 Å². The minimum atomic E-state index is -0.646. The van der Waals surface area contributed by atoms with Crippen LogP contribution in [0.4, 0.5) is 0 Å². The van der Waals surface area contributed by atoms with Crippen LogP contribution in [0.25, 0.3) is 0 Å². The normalized spacial score (nSPS) is 13.6. The summed E-state index contributed by atoms with van der Waals surface area (Å²) in [4.78, 5) is 0. The fraction of sp³-hybridized carbons (Fsp3) is 0.462. The van der Waals surface area contributed by atoms with Crippen LogP contribution >= 0.6 is 0 Å². The number of hydrogen-bond donors (Lipinski definition) is 1. The molecule has 0 aliphatic rings. The largest absolute Gasteiger partial charge is 0.497 e. The van der Waals surface area contributed by atoms with Gasteiger partial charge in [-0.3, -0.25) is 0 Å². The highest BCUT2D eigenvalue weighted by molar-refractivity contribution is 5.42. The van der Waals surface area contributed by atoms with Crippen LogP contribution in [-0.4, -0.2) is 18.3 Å². The van der Waals surface area contributed by atoms with Crippen molar-refractivity contribution in [2.75, 3.05) is 7.11 Å². The predicted molar refractivity (Wildman–Crippen MR) is 63.9 cm³/mol. The maximum Gasteiger partial charge on any atom is 0.184 e. The number of hydrogen-bond acceptors (Lipinski definition) is 4. The van der Waals surface area contributed by atoms with Gasteiger partial charge in [0, 0.05) is 11.6 Å². The van der Waals surface area contributed by atoms with Crippen molar-refractivity contribution in [1.29, 1.82) is 5.26 Å². The SMILES string of the molecule is CCC(C#N)Oc1cc(OC)ccc1[C@@H](C)O. The molecule has 1 aromatic rings. The minimum absolute atomic E-state index is 0.493. The van der Waals surface area contributed by atoms with E-state index in [1.807, 2.05) is 6.92 Å². The van der Waals surface area contributed by atoms with Crippen LogP contribution in [0.3, 0.4) is 0 Å². The molecule has 0 heterocycles. The van der Waals surface area contributed by atoms with E-state index in [1.54, 1.807) is 32.2 Å². The van der Waals surface area contributed by atoms with E-state index in [2.05, 4.69) is 6.07 Å². The van der Waals surface area contributed by atoms with Crippen LogP contribution < -0.4 is 9.47 Å². The molecular formula is C13H17NO3. The zero-order chi connectivity index (χ0) is 12.8. The van der Waals surface area contributed by atoms with Gasteiger partial charge in [-0.25, -0.2) is 0 Å². The Morgan fingerprint density at radius 3 is 2.65 bits per heavy atom. The number of benzene rings is 1. The fourth-order valence-electron chi connectivity index (χ4n) is 1.44. The van der Waals surface area contributed by atoms with Gasteiger partial charge in [0.1, 0.15) is 17.6 Å².